The second-order valence-corrected chi connectivity index (χ2v) is 8.39. The Bertz CT molecular complexity index is 595. The zero-order chi connectivity index (χ0) is 16.6. The zero-order valence-electron chi connectivity index (χ0n) is 13.6. The topological polar surface area (TPSA) is 35.6 Å². The summed E-state index contributed by atoms with van der Waals surface area (Å²) in [7, 11) is 2.23. The molecule has 2 bridgehead atoms. The second kappa shape index (κ2) is 7.21. The first-order valence-electron chi connectivity index (χ1n) is 8.17. The number of carbonyl (C=O) groups is 1. The molecule has 3 rings (SSSR count). The fourth-order valence-electron chi connectivity index (χ4n) is 3.68. The Morgan fingerprint density at radius 2 is 2.00 bits per heavy atom. The van der Waals surface area contributed by atoms with E-state index in [2.05, 4.69) is 54.0 Å². The molecule has 2 heterocycles. The molecule has 2 aliphatic heterocycles. The van der Waals surface area contributed by atoms with E-state index in [1.54, 1.807) is 0 Å². The zero-order valence-corrected chi connectivity index (χ0v) is 16.7. The van der Waals surface area contributed by atoms with Crippen molar-refractivity contribution in [2.75, 3.05) is 25.5 Å². The highest BCUT2D eigenvalue weighted by molar-refractivity contribution is 9.11. The summed E-state index contributed by atoms with van der Waals surface area (Å²) in [5, 5.41) is 3.05. The lowest BCUT2D eigenvalue weighted by molar-refractivity contribution is -0.120. The second-order valence-electron chi connectivity index (χ2n) is 6.62. The summed E-state index contributed by atoms with van der Waals surface area (Å²) < 4.78 is 1.88. The Labute approximate surface area is 154 Å². The standard InChI is InChI=1S/C17H23Br2N3O/c1-11(17(23)20-16-6-3-12(18)9-15(16)19)22-8-7-13-4-5-14(10-22)21(13)2/h3,6,9,11,13-14H,4-5,7-8,10H2,1-2H3,(H,20,23). The number of rotatable bonds is 3. The number of carbonyl (C=O) groups excluding carboxylic acids is 1. The number of nitrogens with zero attached hydrogens (tertiary/aromatic N) is 2. The van der Waals surface area contributed by atoms with Crippen LogP contribution in [0.25, 0.3) is 0 Å². The molecule has 0 aliphatic carbocycles. The Balaban J connectivity index is 1.65. The lowest BCUT2D eigenvalue weighted by Gasteiger charge is -2.30. The van der Waals surface area contributed by atoms with Gasteiger partial charge in [0, 0.05) is 34.1 Å². The molecule has 0 aromatic heterocycles. The predicted molar refractivity (Wildman–Crippen MR) is 101 cm³/mol. The van der Waals surface area contributed by atoms with E-state index in [9.17, 15) is 4.79 Å². The maximum Gasteiger partial charge on any atom is 0.241 e. The Morgan fingerprint density at radius 1 is 1.26 bits per heavy atom. The minimum atomic E-state index is -0.113. The number of likely N-dealkylation sites (N-methyl/N-ethyl adjacent to an activating group) is 1. The molecule has 6 heteroatoms. The third-order valence-electron chi connectivity index (χ3n) is 5.30. The first-order chi connectivity index (χ1) is 11.0. The fourth-order valence-corrected chi connectivity index (χ4v) is 4.83. The molecule has 126 valence electrons. The average molecular weight is 445 g/mol. The van der Waals surface area contributed by atoms with Crippen molar-refractivity contribution in [3.63, 3.8) is 0 Å². The van der Waals surface area contributed by atoms with E-state index in [0.29, 0.717) is 12.1 Å². The van der Waals surface area contributed by atoms with Crippen LogP contribution in [0.1, 0.15) is 26.2 Å². The van der Waals surface area contributed by atoms with Gasteiger partial charge in [-0.2, -0.15) is 0 Å². The van der Waals surface area contributed by atoms with Crippen molar-refractivity contribution in [2.24, 2.45) is 0 Å². The van der Waals surface area contributed by atoms with Gasteiger partial charge in [0.1, 0.15) is 0 Å². The molecule has 1 aromatic carbocycles. The van der Waals surface area contributed by atoms with Crippen LogP contribution in [0, 0.1) is 0 Å². The highest BCUT2D eigenvalue weighted by Crippen LogP contribution is 2.30. The largest absolute Gasteiger partial charge is 0.324 e. The van der Waals surface area contributed by atoms with Crippen LogP contribution in [0.3, 0.4) is 0 Å². The summed E-state index contributed by atoms with van der Waals surface area (Å²) in [5.41, 5.74) is 0.818. The Hall–Kier alpha value is -0.430. The van der Waals surface area contributed by atoms with E-state index in [0.717, 1.165) is 34.1 Å². The van der Waals surface area contributed by atoms with Crippen LogP contribution in [0.5, 0.6) is 0 Å². The number of halogens is 2. The normalized spacial score (nSPS) is 26.8. The van der Waals surface area contributed by atoms with E-state index < -0.39 is 0 Å². The third kappa shape index (κ3) is 3.81. The predicted octanol–water partition coefficient (Wildman–Crippen LogP) is 3.71. The summed E-state index contributed by atoms with van der Waals surface area (Å²) >= 11 is 6.93. The number of nitrogens with one attached hydrogen (secondary N) is 1. The molecule has 1 aromatic rings. The SMILES string of the molecule is CC(C(=O)Nc1ccc(Br)cc1Br)N1CCC2CCC(C1)N2C. The molecule has 0 radical (unpaired) electrons. The molecular weight excluding hydrogens is 422 g/mol. The van der Waals surface area contributed by atoms with Gasteiger partial charge in [0.2, 0.25) is 5.91 Å². The summed E-state index contributed by atoms with van der Waals surface area (Å²) in [6.07, 6.45) is 3.72. The molecule has 23 heavy (non-hydrogen) atoms. The van der Waals surface area contributed by atoms with Crippen LogP contribution in [-0.4, -0.2) is 54.0 Å². The number of anilines is 1. The molecule has 1 N–H and O–H groups in total. The molecule has 3 unspecified atom stereocenters. The quantitative estimate of drug-likeness (QED) is 0.771. The van der Waals surface area contributed by atoms with Crippen LogP contribution in [-0.2, 0) is 4.79 Å². The van der Waals surface area contributed by atoms with Gasteiger partial charge in [-0.15, -0.1) is 0 Å². The molecule has 0 saturated carbocycles. The Morgan fingerprint density at radius 3 is 2.74 bits per heavy atom. The van der Waals surface area contributed by atoms with Crippen LogP contribution < -0.4 is 5.32 Å². The van der Waals surface area contributed by atoms with Crippen molar-refractivity contribution in [3.05, 3.63) is 27.1 Å². The van der Waals surface area contributed by atoms with E-state index >= 15 is 0 Å². The van der Waals surface area contributed by atoms with E-state index in [1.165, 1.54) is 12.8 Å². The first-order valence-corrected chi connectivity index (χ1v) is 9.76. The van der Waals surface area contributed by atoms with Crippen molar-refractivity contribution in [3.8, 4) is 0 Å². The minimum Gasteiger partial charge on any atom is -0.324 e. The molecule has 2 fully saturated rings. The van der Waals surface area contributed by atoms with E-state index in [-0.39, 0.29) is 11.9 Å². The lowest BCUT2D eigenvalue weighted by atomic mass is 10.1. The smallest absolute Gasteiger partial charge is 0.241 e. The number of hydrogen-bond acceptors (Lipinski definition) is 3. The average Bonchev–Trinajstić information content (AvgIpc) is 2.74. The van der Waals surface area contributed by atoms with Crippen LogP contribution >= 0.6 is 31.9 Å². The minimum absolute atomic E-state index is 0.0634. The summed E-state index contributed by atoms with van der Waals surface area (Å²) in [6.45, 7) is 4.01. The van der Waals surface area contributed by atoms with Crippen LogP contribution in [0.4, 0.5) is 5.69 Å². The maximum atomic E-state index is 12.6. The number of amides is 1. The number of hydrogen-bond donors (Lipinski definition) is 1. The molecule has 2 aliphatic rings. The van der Waals surface area contributed by atoms with Gasteiger partial charge in [-0.25, -0.2) is 0 Å². The highest BCUT2D eigenvalue weighted by atomic mass is 79.9. The van der Waals surface area contributed by atoms with Gasteiger partial charge >= 0.3 is 0 Å². The van der Waals surface area contributed by atoms with Gasteiger partial charge in [0.15, 0.2) is 0 Å². The van der Waals surface area contributed by atoms with E-state index in [1.807, 2.05) is 25.1 Å². The summed E-state index contributed by atoms with van der Waals surface area (Å²) in [6, 6.07) is 6.97. The lowest BCUT2D eigenvalue weighted by Crippen LogP contribution is -2.46. The maximum absolute atomic E-state index is 12.6. The summed E-state index contributed by atoms with van der Waals surface area (Å²) in [4.78, 5) is 17.5. The van der Waals surface area contributed by atoms with Crippen molar-refractivity contribution in [1.29, 1.82) is 0 Å². The molecule has 2 saturated heterocycles. The van der Waals surface area contributed by atoms with Gasteiger partial charge in [-0.3, -0.25) is 14.6 Å². The van der Waals surface area contributed by atoms with Gasteiger partial charge in [-0.05, 0) is 67.4 Å². The molecular formula is C17H23Br2N3O. The monoisotopic (exact) mass is 443 g/mol. The van der Waals surface area contributed by atoms with Gasteiger partial charge in [0.25, 0.3) is 0 Å². The number of fused-ring (bicyclic) bond motifs is 2. The highest BCUT2D eigenvalue weighted by Gasteiger charge is 2.36. The van der Waals surface area contributed by atoms with Gasteiger partial charge in [0.05, 0.1) is 11.7 Å². The molecule has 0 spiro atoms. The van der Waals surface area contributed by atoms with E-state index in [4.69, 9.17) is 0 Å². The van der Waals surface area contributed by atoms with Crippen LogP contribution in [0.2, 0.25) is 0 Å². The molecule has 3 atom stereocenters. The molecule has 4 nitrogen and oxygen atoms in total. The number of likely N-dealkylation sites (tertiary alicyclic amines) is 1. The fraction of sp³-hybridized carbons (Fsp3) is 0.588. The third-order valence-corrected chi connectivity index (χ3v) is 6.45. The van der Waals surface area contributed by atoms with Crippen molar-refractivity contribution < 1.29 is 4.79 Å². The van der Waals surface area contributed by atoms with Crippen molar-refractivity contribution >= 4 is 43.5 Å². The van der Waals surface area contributed by atoms with Crippen LogP contribution in [0.15, 0.2) is 27.1 Å². The van der Waals surface area contributed by atoms with Crippen molar-refractivity contribution in [1.82, 2.24) is 9.80 Å². The number of benzene rings is 1. The van der Waals surface area contributed by atoms with Gasteiger partial charge < -0.3 is 5.32 Å². The molecule has 1 amide bonds. The van der Waals surface area contributed by atoms with Gasteiger partial charge in [-0.1, -0.05) is 15.9 Å². The first kappa shape index (κ1) is 17.4. The van der Waals surface area contributed by atoms with Crippen molar-refractivity contribution in [2.45, 2.75) is 44.3 Å². The Kier molecular flexibility index (Phi) is 5.46. The summed E-state index contributed by atoms with van der Waals surface area (Å²) in [5.74, 6) is 0.0634.